The molecule has 0 fully saturated rings. The molecule has 0 amide bonds. The molecule has 0 aromatic heterocycles. The average Bonchev–Trinajstić information content (AvgIpc) is 3.00. The van der Waals surface area contributed by atoms with E-state index in [1.54, 1.807) is 12.1 Å². The van der Waals surface area contributed by atoms with Crippen LogP contribution in [0.25, 0.3) is 0 Å². The van der Waals surface area contributed by atoms with E-state index >= 15 is 0 Å². The van der Waals surface area contributed by atoms with Gasteiger partial charge in [0.05, 0.1) is 139 Å². The number of nitrogen functional groups attached to an aromatic ring is 1. The standard InChI is InChI=1S/C29H51NO13/c30-27-1-3-28(4-2-27)43-26-25-42-24-23-41-22-21-40-20-19-39-18-17-38-16-15-37-14-13-36-12-11-35-10-9-34-8-7-33-6-5-29(31)32/h1-4H,5-26,30H2,(H,31,32). The summed E-state index contributed by atoms with van der Waals surface area (Å²) in [7, 11) is 0. The summed E-state index contributed by atoms with van der Waals surface area (Å²) in [4.78, 5) is 10.3. The first kappa shape index (κ1) is 38.9. The lowest BCUT2D eigenvalue weighted by Gasteiger charge is -2.09. The highest BCUT2D eigenvalue weighted by Gasteiger charge is 1.98. The molecule has 0 saturated carbocycles. The van der Waals surface area contributed by atoms with Gasteiger partial charge in [0.15, 0.2) is 0 Å². The molecule has 0 atom stereocenters. The Hall–Kier alpha value is -2.11. The average molecular weight is 622 g/mol. The zero-order valence-corrected chi connectivity index (χ0v) is 25.3. The number of carbonyl (C=O) groups is 1. The van der Waals surface area contributed by atoms with Gasteiger partial charge in [-0.05, 0) is 24.3 Å². The summed E-state index contributed by atoms with van der Waals surface area (Å²) in [5, 5.41) is 8.48. The first-order valence-corrected chi connectivity index (χ1v) is 14.7. The minimum absolute atomic E-state index is 0.00259. The molecular formula is C29H51NO13. The third-order valence-corrected chi connectivity index (χ3v) is 5.18. The lowest BCUT2D eigenvalue weighted by Crippen LogP contribution is -2.15. The number of anilines is 1. The van der Waals surface area contributed by atoms with Gasteiger partial charge >= 0.3 is 5.97 Å². The van der Waals surface area contributed by atoms with E-state index in [1.807, 2.05) is 12.1 Å². The molecule has 0 aliphatic carbocycles. The van der Waals surface area contributed by atoms with Gasteiger partial charge in [-0.3, -0.25) is 4.79 Å². The van der Waals surface area contributed by atoms with Crippen molar-refractivity contribution < 1.29 is 62.0 Å². The maximum absolute atomic E-state index is 10.3. The number of hydrogen-bond donors (Lipinski definition) is 2. The number of carboxylic acids is 1. The van der Waals surface area contributed by atoms with Crippen LogP contribution in [0.4, 0.5) is 5.69 Å². The molecule has 43 heavy (non-hydrogen) atoms. The van der Waals surface area contributed by atoms with Gasteiger partial charge in [0.2, 0.25) is 0 Å². The van der Waals surface area contributed by atoms with Crippen LogP contribution in [0.15, 0.2) is 24.3 Å². The molecular weight excluding hydrogens is 570 g/mol. The molecule has 0 saturated heterocycles. The lowest BCUT2D eigenvalue weighted by atomic mass is 10.3. The van der Waals surface area contributed by atoms with Crippen LogP contribution in [0.5, 0.6) is 5.75 Å². The Kier molecular flexibility index (Phi) is 28.3. The van der Waals surface area contributed by atoms with Gasteiger partial charge < -0.3 is 62.9 Å². The largest absolute Gasteiger partial charge is 0.491 e. The Balaban J connectivity index is 1.63. The van der Waals surface area contributed by atoms with E-state index in [-0.39, 0.29) is 13.0 Å². The molecule has 0 unspecified atom stereocenters. The summed E-state index contributed by atoms with van der Waals surface area (Å²) in [6.45, 7) is 9.70. The number of rotatable bonds is 34. The minimum Gasteiger partial charge on any atom is -0.491 e. The zero-order valence-electron chi connectivity index (χ0n) is 25.3. The lowest BCUT2D eigenvalue weighted by molar-refractivity contribution is -0.138. The molecule has 0 aliphatic heterocycles. The highest BCUT2D eigenvalue weighted by atomic mass is 16.6. The van der Waals surface area contributed by atoms with Crippen molar-refractivity contribution in [2.24, 2.45) is 0 Å². The van der Waals surface area contributed by atoms with E-state index in [9.17, 15) is 4.79 Å². The molecule has 0 aliphatic rings. The molecule has 14 nitrogen and oxygen atoms in total. The zero-order chi connectivity index (χ0) is 30.9. The van der Waals surface area contributed by atoms with E-state index < -0.39 is 5.97 Å². The SMILES string of the molecule is Nc1ccc(OCCOCCOCCOCCOCCOCCOCCOCCOCCOCCOCCC(=O)O)cc1. The highest BCUT2D eigenvalue weighted by molar-refractivity contribution is 5.66. The maximum atomic E-state index is 10.3. The normalized spacial score (nSPS) is 11.3. The van der Waals surface area contributed by atoms with Crippen molar-refractivity contribution >= 4 is 11.7 Å². The van der Waals surface area contributed by atoms with Gasteiger partial charge in [0.25, 0.3) is 0 Å². The van der Waals surface area contributed by atoms with Gasteiger partial charge in [-0.25, -0.2) is 0 Å². The number of hydrogen-bond acceptors (Lipinski definition) is 13. The summed E-state index contributed by atoms with van der Waals surface area (Å²) in [5.41, 5.74) is 6.34. The van der Waals surface area contributed by atoms with E-state index in [2.05, 4.69) is 0 Å². The summed E-state index contributed by atoms with van der Waals surface area (Å²) in [6.07, 6.45) is -0.00259. The molecule has 0 spiro atoms. The predicted octanol–water partition coefficient (Wildman–Crippen LogP) is 1.29. The molecule has 0 heterocycles. The van der Waals surface area contributed by atoms with Crippen molar-refractivity contribution in [3.63, 3.8) is 0 Å². The van der Waals surface area contributed by atoms with Crippen LogP contribution in [0.3, 0.4) is 0 Å². The monoisotopic (exact) mass is 621 g/mol. The van der Waals surface area contributed by atoms with Crippen LogP contribution in [-0.2, 0) is 52.2 Å². The van der Waals surface area contributed by atoms with E-state index in [0.717, 1.165) is 5.75 Å². The predicted molar refractivity (Wildman–Crippen MR) is 157 cm³/mol. The minimum atomic E-state index is -0.875. The van der Waals surface area contributed by atoms with Crippen LogP contribution in [0.2, 0.25) is 0 Å². The quantitative estimate of drug-likeness (QED) is 0.0835. The molecule has 0 bridgehead atoms. The topological polar surface area (TPSA) is 165 Å². The summed E-state index contributed by atoms with van der Waals surface area (Å²) >= 11 is 0. The Morgan fingerprint density at radius 1 is 0.442 bits per heavy atom. The maximum Gasteiger partial charge on any atom is 0.305 e. The van der Waals surface area contributed by atoms with Crippen LogP contribution >= 0.6 is 0 Å². The molecule has 0 radical (unpaired) electrons. The molecule has 1 aromatic rings. The molecule has 250 valence electrons. The highest BCUT2D eigenvalue weighted by Crippen LogP contribution is 2.12. The van der Waals surface area contributed by atoms with Crippen LogP contribution < -0.4 is 10.5 Å². The third-order valence-electron chi connectivity index (χ3n) is 5.18. The summed E-state index contributed by atoms with van der Waals surface area (Å²) < 4.78 is 59.5. The van der Waals surface area contributed by atoms with Crippen molar-refractivity contribution in [1.82, 2.24) is 0 Å². The summed E-state index contributed by atoms with van der Waals surface area (Å²) in [6, 6.07) is 7.24. The van der Waals surface area contributed by atoms with Crippen molar-refractivity contribution in [1.29, 1.82) is 0 Å². The fourth-order valence-electron chi connectivity index (χ4n) is 3.02. The Morgan fingerprint density at radius 2 is 0.698 bits per heavy atom. The van der Waals surface area contributed by atoms with Crippen LogP contribution in [0.1, 0.15) is 6.42 Å². The number of nitrogens with two attached hydrogens (primary N) is 1. The fraction of sp³-hybridized carbons (Fsp3) is 0.759. The first-order chi connectivity index (χ1) is 21.2. The Labute approximate surface area is 254 Å². The van der Waals surface area contributed by atoms with Gasteiger partial charge in [0.1, 0.15) is 12.4 Å². The van der Waals surface area contributed by atoms with Gasteiger partial charge in [0, 0.05) is 5.69 Å². The third kappa shape index (κ3) is 29.7. The van der Waals surface area contributed by atoms with Crippen LogP contribution in [0, 0.1) is 0 Å². The van der Waals surface area contributed by atoms with Crippen LogP contribution in [-0.4, -0.2) is 150 Å². The number of ether oxygens (including phenoxy) is 11. The van der Waals surface area contributed by atoms with Crippen molar-refractivity contribution in [3.05, 3.63) is 24.3 Å². The second-order valence-electron chi connectivity index (χ2n) is 8.68. The molecule has 3 N–H and O–H groups in total. The Bertz CT molecular complexity index is 727. The van der Waals surface area contributed by atoms with Crippen molar-refractivity contribution in [2.45, 2.75) is 6.42 Å². The first-order valence-electron chi connectivity index (χ1n) is 14.7. The van der Waals surface area contributed by atoms with E-state index in [0.29, 0.717) is 138 Å². The van der Waals surface area contributed by atoms with Gasteiger partial charge in [-0.1, -0.05) is 0 Å². The smallest absolute Gasteiger partial charge is 0.305 e. The fourth-order valence-corrected chi connectivity index (χ4v) is 3.02. The summed E-state index contributed by atoms with van der Waals surface area (Å²) in [5.74, 6) is -0.108. The van der Waals surface area contributed by atoms with Gasteiger partial charge in [-0.2, -0.15) is 0 Å². The van der Waals surface area contributed by atoms with E-state index in [1.165, 1.54) is 0 Å². The number of carboxylic acid groups (broad SMARTS) is 1. The molecule has 1 rings (SSSR count). The number of benzene rings is 1. The van der Waals surface area contributed by atoms with Gasteiger partial charge in [-0.15, -0.1) is 0 Å². The van der Waals surface area contributed by atoms with Crippen molar-refractivity contribution in [2.75, 3.05) is 144 Å². The second kappa shape index (κ2) is 31.3. The van der Waals surface area contributed by atoms with E-state index in [4.69, 9.17) is 62.9 Å². The van der Waals surface area contributed by atoms with Crippen molar-refractivity contribution in [3.8, 4) is 5.75 Å². The Morgan fingerprint density at radius 3 is 0.977 bits per heavy atom. The number of aliphatic carboxylic acids is 1. The molecule has 14 heteroatoms. The second-order valence-corrected chi connectivity index (χ2v) is 8.68. The molecule has 1 aromatic carbocycles.